The highest BCUT2D eigenvalue weighted by molar-refractivity contribution is 5.97. The molecule has 3 aromatic carbocycles. The Kier molecular flexibility index (Phi) is 8.05. The number of carbonyl (C=O) groups excluding carboxylic acids is 1. The molecule has 0 N–H and O–H groups in total. The van der Waals surface area contributed by atoms with Gasteiger partial charge in [0.05, 0.1) is 17.9 Å². The van der Waals surface area contributed by atoms with Crippen LogP contribution in [0.25, 0.3) is 23.0 Å². The van der Waals surface area contributed by atoms with E-state index in [0.29, 0.717) is 6.61 Å². The quantitative estimate of drug-likeness (QED) is 0.281. The maximum absolute atomic E-state index is 13.8. The van der Waals surface area contributed by atoms with E-state index in [0.717, 1.165) is 66.7 Å². The zero-order valence-corrected chi connectivity index (χ0v) is 22.2. The molecule has 1 fully saturated rings. The molecule has 1 aliphatic rings. The van der Waals surface area contributed by atoms with E-state index in [1.807, 2.05) is 55.1 Å². The summed E-state index contributed by atoms with van der Waals surface area (Å²) in [7, 11) is 0. The Bertz CT molecular complexity index is 1370. The molecule has 1 amide bonds. The van der Waals surface area contributed by atoms with Gasteiger partial charge in [0.1, 0.15) is 5.75 Å². The molecule has 0 spiro atoms. The molecule has 5 rings (SSSR count). The first-order chi connectivity index (χ1) is 18.6. The molecule has 5 heteroatoms. The highest BCUT2D eigenvalue weighted by Crippen LogP contribution is 2.31. The summed E-state index contributed by atoms with van der Waals surface area (Å²) in [5, 5.41) is 0. The van der Waals surface area contributed by atoms with Gasteiger partial charge in [-0.3, -0.25) is 9.69 Å². The van der Waals surface area contributed by atoms with Crippen LogP contribution in [-0.2, 0) is 0 Å². The van der Waals surface area contributed by atoms with E-state index in [9.17, 15) is 4.79 Å². The molecule has 0 atom stereocenters. The second-order valence-corrected chi connectivity index (χ2v) is 9.56. The number of piperazine rings is 1. The molecule has 38 heavy (non-hydrogen) atoms. The Morgan fingerprint density at radius 3 is 2.18 bits per heavy atom. The zero-order chi connectivity index (χ0) is 26.3. The lowest BCUT2D eigenvalue weighted by molar-refractivity contribution is 0.0649. The van der Waals surface area contributed by atoms with Crippen LogP contribution in [-0.4, -0.2) is 59.6 Å². The standard InChI is InChI=1S/C33H35N3O2/c1-3-38-30-18-16-29(17-19-30)36-26(2)31(25-32(36)28-14-8-5-9-15-28)33(37)35-23-21-34(22-24-35)20-10-13-27-11-6-4-7-12-27/h4-19,25H,3,20-24H2,1-2H3/b13-10+. The highest BCUT2D eigenvalue weighted by atomic mass is 16.5. The molecule has 4 aromatic rings. The molecule has 0 radical (unpaired) electrons. The SMILES string of the molecule is CCOc1ccc(-n2c(-c3ccccc3)cc(C(=O)N3CCN(C/C=C/c4ccccc4)CC3)c2C)cc1. The van der Waals surface area contributed by atoms with E-state index < -0.39 is 0 Å². The summed E-state index contributed by atoms with van der Waals surface area (Å²) in [5.41, 5.74) is 6.03. The van der Waals surface area contributed by atoms with Gasteiger partial charge in [0.15, 0.2) is 0 Å². The fourth-order valence-electron chi connectivity index (χ4n) is 5.04. The highest BCUT2D eigenvalue weighted by Gasteiger charge is 2.26. The summed E-state index contributed by atoms with van der Waals surface area (Å²) in [6, 6.07) is 30.8. The topological polar surface area (TPSA) is 37.7 Å². The lowest BCUT2D eigenvalue weighted by Gasteiger charge is -2.34. The van der Waals surface area contributed by atoms with Crippen LogP contribution >= 0.6 is 0 Å². The van der Waals surface area contributed by atoms with Crippen LogP contribution < -0.4 is 4.74 Å². The van der Waals surface area contributed by atoms with Crippen LogP contribution in [0.2, 0.25) is 0 Å². The van der Waals surface area contributed by atoms with E-state index >= 15 is 0 Å². The lowest BCUT2D eigenvalue weighted by Crippen LogP contribution is -2.48. The van der Waals surface area contributed by atoms with Gasteiger partial charge in [-0.1, -0.05) is 72.8 Å². The van der Waals surface area contributed by atoms with Gasteiger partial charge in [-0.15, -0.1) is 0 Å². The van der Waals surface area contributed by atoms with Gasteiger partial charge in [0, 0.05) is 44.1 Å². The number of hydrogen-bond donors (Lipinski definition) is 0. The monoisotopic (exact) mass is 505 g/mol. The van der Waals surface area contributed by atoms with Crippen molar-refractivity contribution in [3.05, 3.63) is 114 Å². The molecule has 0 bridgehead atoms. The second kappa shape index (κ2) is 12.0. The minimum atomic E-state index is 0.101. The predicted octanol–water partition coefficient (Wildman–Crippen LogP) is 6.32. The summed E-state index contributed by atoms with van der Waals surface area (Å²) in [4.78, 5) is 18.2. The first-order valence-corrected chi connectivity index (χ1v) is 13.4. The van der Waals surface area contributed by atoms with E-state index in [1.165, 1.54) is 5.56 Å². The van der Waals surface area contributed by atoms with Gasteiger partial charge in [-0.2, -0.15) is 0 Å². The Labute approximate surface area is 225 Å². The minimum absolute atomic E-state index is 0.101. The van der Waals surface area contributed by atoms with Crippen molar-refractivity contribution in [2.24, 2.45) is 0 Å². The maximum atomic E-state index is 13.8. The Balaban J connectivity index is 1.33. The largest absolute Gasteiger partial charge is 0.494 e. The fourth-order valence-corrected chi connectivity index (χ4v) is 5.04. The van der Waals surface area contributed by atoms with Gasteiger partial charge in [-0.05, 0) is 55.3 Å². The average molecular weight is 506 g/mol. The van der Waals surface area contributed by atoms with Crippen molar-refractivity contribution >= 4 is 12.0 Å². The Hall–Kier alpha value is -4.09. The van der Waals surface area contributed by atoms with Crippen molar-refractivity contribution in [1.29, 1.82) is 0 Å². The molecule has 2 heterocycles. The predicted molar refractivity (Wildman–Crippen MR) is 155 cm³/mol. The molecule has 1 aliphatic heterocycles. The average Bonchev–Trinajstić information content (AvgIpc) is 3.31. The van der Waals surface area contributed by atoms with Crippen molar-refractivity contribution < 1.29 is 9.53 Å². The third-order valence-electron chi connectivity index (χ3n) is 7.09. The van der Waals surface area contributed by atoms with Crippen molar-refractivity contribution in [3.63, 3.8) is 0 Å². The number of amides is 1. The zero-order valence-electron chi connectivity index (χ0n) is 22.2. The van der Waals surface area contributed by atoms with Gasteiger partial charge >= 0.3 is 0 Å². The first-order valence-electron chi connectivity index (χ1n) is 13.4. The normalized spacial score (nSPS) is 14.2. The number of nitrogens with zero attached hydrogens (tertiary/aromatic N) is 3. The molecule has 194 valence electrons. The number of hydrogen-bond acceptors (Lipinski definition) is 3. The van der Waals surface area contributed by atoms with Crippen molar-refractivity contribution in [2.75, 3.05) is 39.3 Å². The molecule has 0 unspecified atom stereocenters. The maximum Gasteiger partial charge on any atom is 0.255 e. The number of carbonyl (C=O) groups is 1. The number of ether oxygens (including phenoxy) is 1. The summed E-state index contributed by atoms with van der Waals surface area (Å²) in [6.45, 7) is 8.74. The Morgan fingerprint density at radius 2 is 1.53 bits per heavy atom. The van der Waals surface area contributed by atoms with Crippen molar-refractivity contribution in [2.45, 2.75) is 13.8 Å². The molecule has 0 aliphatic carbocycles. The number of aromatic nitrogens is 1. The molecular formula is C33H35N3O2. The molecule has 1 aromatic heterocycles. The van der Waals surface area contributed by atoms with E-state index in [1.54, 1.807) is 0 Å². The van der Waals surface area contributed by atoms with Gasteiger partial charge in [-0.25, -0.2) is 0 Å². The van der Waals surface area contributed by atoms with Crippen LogP contribution in [0.15, 0.2) is 97.1 Å². The van der Waals surface area contributed by atoms with Gasteiger partial charge in [0.25, 0.3) is 5.91 Å². The molecule has 0 saturated carbocycles. The minimum Gasteiger partial charge on any atom is -0.494 e. The molecule has 5 nitrogen and oxygen atoms in total. The van der Waals surface area contributed by atoms with Crippen molar-refractivity contribution in [3.8, 4) is 22.7 Å². The Morgan fingerprint density at radius 1 is 0.868 bits per heavy atom. The van der Waals surface area contributed by atoms with E-state index in [2.05, 4.69) is 76.2 Å². The lowest BCUT2D eigenvalue weighted by atomic mass is 10.1. The number of benzene rings is 3. The van der Waals surface area contributed by atoms with Crippen molar-refractivity contribution in [1.82, 2.24) is 14.4 Å². The first kappa shape index (κ1) is 25.6. The smallest absolute Gasteiger partial charge is 0.255 e. The summed E-state index contributed by atoms with van der Waals surface area (Å²) in [6.07, 6.45) is 4.37. The molecule has 1 saturated heterocycles. The summed E-state index contributed by atoms with van der Waals surface area (Å²) < 4.78 is 7.83. The van der Waals surface area contributed by atoms with Crippen LogP contribution in [0.5, 0.6) is 5.75 Å². The van der Waals surface area contributed by atoms with Gasteiger partial charge in [0.2, 0.25) is 0 Å². The van der Waals surface area contributed by atoms with Crippen LogP contribution in [0, 0.1) is 6.92 Å². The van der Waals surface area contributed by atoms with E-state index in [4.69, 9.17) is 4.74 Å². The third-order valence-corrected chi connectivity index (χ3v) is 7.09. The number of rotatable bonds is 8. The third kappa shape index (κ3) is 5.74. The van der Waals surface area contributed by atoms with Crippen LogP contribution in [0.1, 0.15) is 28.5 Å². The summed E-state index contributed by atoms with van der Waals surface area (Å²) in [5.74, 6) is 0.943. The molecular weight excluding hydrogens is 470 g/mol. The van der Waals surface area contributed by atoms with E-state index in [-0.39, 0.29) is 5.91 Å². The van der Waals surface area contributed by atoms with Gasteiger partial charge < -0.3 is 14.2 Å². The summed E-state index contributed by atoms with van der Waals surface area (Å²) >= 11 is 0. The van der Waals surface area contributed by atoms with Crippen LogP contribution in [0.4, 0.5) is 0 Å². The fraction of sp³-hybridized carbons (Fsp3) is 0.242. The van der Waals surface area contributed by atoms with Crippen LogP contribution in [0.3, 0.4) is 0 Å². The second-order valence-electron chi connectivity index (χ2n) is 9.56.